The molecule has 0 aromatic heterocycles. The Morgan fingerprint density at radius 1 is 1.56 bits per heavy atom. The fourth-order valence-electron chi connectivity index (χ4n) is 2.65. The van der Waals surface area contributed by atoms with E-state index in [1.54, 1.807) is 0 Å². The first-order valence-electron chi connectivity index (χ1n) is 6.30. The summed E-state index contributed by atoms with van der Waals surface area (Å²) in [4.78, 5) is 14.5. The van der Waals surface area contributed by atoms with Gasteiger partial charge >= 0.3 is 0 Å². The molecule has 0 bridgehead atoms. The van der Waals surface area contributed by atoms with E-state index in [1.165, 1.54) is 6.42 Å². The van der Waals surface area contributed by atoms with Gasteiger partial charge in [0, 0.05) is 19.1 Å². The van der Waals surface area contributed by atoms with Crippen LogP contribution < -0.4 is 10.6 Å². The van der Waals surface area contributed by atoms with E-state index in [2.05, 4.69) is 29.5 Å². The van der Waals surface area contributed by atoms with Crippen molar-refractivity contribution in [2.45, 2.75) is 32.2 Å². The molecule has 4 nitrogen and oxygen atoms in total. The first-order chi connectivity index (χ1) is 7.60. The van der Waals surface area contributed by atoms with Crippen molar-refractivity contribution in [2.24, 2.45) is 5.41 Å². The van der Waals surface area contributed by atoms with Crippen LogP contribution in [-0.4, -0.2) is 50.1 Å². The Morgan fingerprint density at radius 2 is 2.38 bits per heavy atom. The molecule has 2 N–H and O–H groups in total. The molecule has 2 aliphatic rings. The number of carbonyl (C=O) groups excluding carboxylic acids is 1. The summed E-state index contributed by atoms with van der Waals surface area (Å²) in [6, 6.07) is 0.351. The number of amides is 1. The molecule has 0 radical (unpaired) electrons. The highest BCUT2D eigenvalue weighted by Crippen LogP contribution is 2.25. The SMILES string of the molecule is CN1CCCC(NC(=O)C2(C)CCNC2)C1. The number of nitrogens with one attached hydrogen (secondary N) is 2. The van der Waals surface area contributed by atoms with Crippen molar-refractivity contribution in [3.8, 4) is 0 Å². The standard InChI is InChI=1S/C12H23N3O/c1-12(5-6-13-9-12)11(16)14-10-4-3-7-15(2)8-10/h10,13H,3-9H2,1-2H3,(H,14,16). The highest BCUT2D eigenvalue weighted by Gasteiger charge is 2.37. The predicted molar refractivity (Wildman–Crippen MR) is 64.3 cm³/mol. The topological polar surface area (TPSA) is 44.4 Å². The second kappa shape index (κ2) is 4.72. The van der Waals surface area contributed by atoms with Crippen molar-refractivity contribution in [3.05, 3.63) is 0 Å². The van der Waals surface area contributed by atoms with Gasteiger partial charge in [-0.1, -0.05) is 0 Å². The van der Waals surface area contributed by atoms with Gasteiger partial charge in [0.1, 0.15) is 0 Å². The van der Waals surface area contributed by atoms with Gasteiger partial charge in [-0.05, 0) is 46.3 Å². The lowest BCUT2D eigenvalue weighted by molar-refractivity contribution is -0.130. The molecule has 0 aliphatic carbocycles. The molecule has 4 heteroatoms. The molecule has 92 valence electrons. The van der Waals surface area contributed by atoms with Crippen molar-refractivity contribution in [1.82, 2.24) is 15.5 Å². The van der Waals surface area contributed by atoms with E-state index in [1.807, 2.05) is 0 Å². The van der Waals surface area contributed by atoms with Gasteiger partial charge in [0.25, 0.3) is 0 Å². The fraction of sp³-hybridized carbons (Fsp3) is 0.917. The quantitative estimate of drug-likeness (QED) is 0.705. The summed E-state index contributed by atoms with van der Waals surface area (Å²) < 4.78 is 0. The summed E-state index contributed by atoms with van der Waals surface area (Å²) in [6.45, 7) is 6.01. The van der Waals surface area contributed by atoms with Crippen LogP contribution in [0.25, 0.3) is 0 Å². The van der Waals surface area contributed by atoms with Crippen LogP contribution in [0.1, 0.15) is 26.2 Å². The van der Waals surface area contributed by atoms with Gasteiger partial charge in [0.2, 0.25) is 5.91 Å². The Balaban J connectivity index is 1.86. The fourth-order valence-corrected chi connectivity index (χ4v) is 2.65. The smallest absolute Gasteiger partial charge is 0.227 e. The molecular formula is C12H23N3O. The molecule has 0 aromatic carbocycles. The second-order valence-corrected chi connectivity index (χ2v) is 5.56. The number of piperidine rings is 1. The second-order valence-electron chi connectivity index (χ2n) is 5.56. The summed E-state index contributed by atoms with van der Waals surface area (Å²) in [5.41, 5.74) is -0.185. The molecule has 2 heterocycles. The minimum absolute atomic E-state index is 0.185. The number of likely N-dealkylation sites (tertiary alicyclic amines) is 1. The third-order valence-electron chi connectivity index (χ3n) is 3.88. The zero-order valence-electron chi connectivity index (χ0n) is 10.4. The minimum Gasteiger partial charge on any atom is -0.352 e. The summed E-state index contributed by atoms with van der Waals surface area (Å²) in [6.07, 6.45) is 3.28. The monoisotopic (exact) mass is 225 g/mol. The number of nitrogens with zero attached hydrogens (tertiary/aromatic N) is 1. The van der Waals surface area contributed by atoms with Crippen LogP contribution in [0.2, 0.25) is 0 Å². The Bertz CT molecular complexity index is 261. The summed E-state index contributed by atoms with van der Waals surface area (Å²) in [5, 5.41) is 6.48. The lowest BCUT2D eigenvalue weighted by Gasteiger charge is -2.32. The van der Waals surface area contributed by atoms with Crippen LogP contribution in [0.3, 0.4) is 0 Å². The van der Waals surface area contributed by atoms with Crippen LogP contribution in [0.4, 0.5) is 0 Å². The van der Waals surface area contributed by atoms with E-state index in [0.29, 0.717) is 6.04 Å². The highest BCUT2D eigenvalue weighted by atomic mass is 16.2. The van der Waals surface area contributed by atoms with Gasteiger partial charge in [-0.3, -0.25) is 4.79 Å². The summed E-state index contributed by atoms with van der Waals surface area (Å²) >= 11 is 0. The third kappa shape index (κ3) is 2.55. The normalized spacial score (nSPS) is 36.2. The Morgan fingerprint density at radius 3 is 3.00 bits per heavy atom. The zero-order valence-corrected chi connectivity index (χ0v) is 10.4. The average Bonchev–Trinajstić information content (AvgIpc) is 2.66. The van der Waals surface area contributed by atoms with E-state index in [0.717, 1.165) is 39.0 Å². The lowest BCUT2D eigenvalue weighted by Crippen LogP contribution is -2.51. The molecule has 16 heavy (non-hydrogen) atoms. The Hall–Kier alpha value is -0.610. The third-order valence-corrected chi connectivity index (χ3v) is 3.88. The van der Waals surface area contributed by atoms with Crippen molar-refractivity contribution >= 4 is 5.91 Å². The molecule has 0 spiro atoms. The van der Waals surface area contributed by atoms with Crippen LogP contribution in [-0.2, 0) is 4.79 Å². The zero-order chi connectivity index (χ0) is 11.6. The van der Waals surface area contributed by atoms with Crippen LogP contribution in [0.15, 0.2) is 0 Å². The number of hydrogen-bond donors (Lipinski definition) is 2. The summed E-state index contributed by atoms with van der Waals surface area (Å²) in [5.74, 6) is 0.234. The lowest BCUT2D eigenvalue weighted by atomic mass is 9.88. The van der Waals surface area contributed by atoms with E-state index < -0.39 is 0 Å². The largest absolute Gasteiger partial charge is 0.352 e. The Labute approximate surface area is 97.8 Å². The van der Waals surface area contributed by atoms with Crippen molar-refractivity contribution in [1.29, 1.82) is 0 Å². The summed E-state index contributed by atoms with van der Waals surface area (Å²) in [7, 11) is 2.12. The molecule has 0 aromatic rings. The molecular weight excluding hydrogens is 202 g/mol. The van der Waals surface area contributed by atoms with E-state index in [9.17, 15) is 4.79 Å². The minimum atomic E-state index is -0.185. The molecule has 2 fully saturated rings. The van der Waals surface area contributed by atoms with Crippen molar-refractivity contribution in [2.75, 3.05) is 33.2 Å². The maximum Gasteiger partial charge on any atom is 0.227 e. The van der Waals surface area contributed by atoms with E-state index >= 15 is 0 Å². The molecule has 2 saturated heterocycles. The molecule has 2 rings (SSSR count). The molecule has 2 atom stereocenters. The average molecular weight is 225 g/mol. The first kappa shape index (κ1) is 11.9. The number of rotatable bonds is 2. The van der Waals surface area contributed by atoms with Gasteiger partial charge < -0.3 is 15.5 Å². The van der Waals surface area contributed by atoms with Crippen molar-refractivity contribution < 1.29 is 4.79 Å². The van der Waals surface area contributed by atoms with Gasteiger partial charge in [-0.15, -0.1) is 0 Å². The van der Waals surface area contributed by atoms with Gasteiger partial charge in [0.05, 0.1) is 5.41 Å². The van der Waals surface area contributed by atoms with E-state index in [4.69, 9.17) is 0 Å². The maximum absolute atomic E-state index is 12.2. The van der Waals surface area contributed by atoms with Gasteiger partial charge in [-0.25, -0.2) is 0 Å². The first-order valence-corrected chi connectivity index (χ1v) is 6.30. The highest BCUT2D eigenvalue weighted by molar-refractivity contribution is 5.83. The number of likely N-dealkylation sites (N-methyl/N-ethyl adjacent to an activating group) is 1. The molecule has 2 unspecified atom stereocenters. The number of hydrogen-bond acceptors (Lipinski definition) is 3. The molecule has 2 aliphatic heterocycles. The van der Waals surface area contributed by atoms with Crippen LogP contribution >= 0.6 is 0 Å². The number of carbonyl (C=O) groups is 1. The van der Waals surface area contributed by atoms with E-state index in [-0.39, 0.29) is 11.3 Å². The van der Waals surface area contributed by atoms with Gasteiger partial charge in [0.15, 0.2) is 0 Å². The molecule has 0 saturated carbocycles. The van der Waals surface area contributed by atoms with Crippen molar-refractivity contribution in [3.63, 3.8) is 0 Å². The van der Waals surface area contributed by atoms with Crippen LogP contribution in [0.5, 0.6) is 0 Å². The maximum atomic E-state index is 12.2. The molecule has 1 amide bonds. The Kier molecular flexibility index (Phi) is 3.50. The van der Waals surface area contributed by atoms with Crippen LogP contribution in [0, 0.1) is 5.41 Å². The predicted octanol–water partition coefficient (Wildman–Crippen LogP) is 0.196. The van der Waals surface area contributed by atoms with Gasteiger partial charge in [-0.2, -0.15) is 0 Å².